The highest BCUT2D eigenvalue weighted by Gasteiger charge is 2.02. The number of phenols is 2. The zero-order valence-electron chi connectivity index (χ0n) is 26.2. The SMILES string of the molecule is CCCCc1ccc(N=Nc2ccc(O)c(C=NCCCN=Cc3cc(N=Nc4ccc(CCCC)cc4)ccc3O)c2)cc1. The maximum absolute atomic E-state index is 10.3. The van der Waals surface area contributed by atoms with Crippen LogP contribution in [-0.2, 0) is 12.8 Å². The Hall–Kier alpha value is -4.98. The molecule has 4 rings (SSSR count). The van der Waals surface area contributed by atoms with Gasteiger partial charge < -0.3 is 10.2 Å². The van der Waals surface area contributed by atoms with Gasteiger partial charge in [0, 0.05) is 36.6 Å². The number of hydrogen-bond donors (Lipinski definition) is 2. The fraction of sp³-hybridized carbons (Fsp3) is 0.297. The van der Waals surface area contributed by atoms with Crippen molar-refractivity contribution in [1.82, 2.24) is 0 Å². The van der Waals surface area contributed by atoms with Gasteiger partial charge in [0.2, 0.25) is 0 Å². The molecule has 0 heterocycles. The second-order valence-electron chi connectivity index (χ2n) is 10.9. The summed E-state index contributed by atoms with van der Waals surface area (Å²) in [5, 5.41) is 37.8. The Morgan fingerprint density at radius 3 is 1.27 bits per heavy atom. The first kappa shape index (κ1) is 32.9. The standard InChI is InChI=1S/C37H42N6O2/c1-3-5-8-28-10-14-32(15-11-28)40-42-34-18-20-36(44)30(24-34)26-38-22-7-23-39-27-31-25-35(19-21-37(31)45)43-41-33-16-12-29(13-17-33)9-6-4-2/h10-21,24-27,44-45H,3-9,22-23H2,1-2H3. The van der Waals surface area contributed by atoms with Crippen LogP contribution < -0.4 is 0 Å². The predicted octanol–water partition coefficient (Wildman–Crippen LogP) is 10.5. The number of benzene rings is 4. The van der Waals surface area contributed by atoms with Gasteiger partial charge in [-0.2, -0.15) is 20.5 Å². The van der Waals surface area contributed by atoms with E-state index in [4.69, 9.17) is 0 Å². The van der Waals surface area contributed by atoms with E-state index in [0.29, 0.717) is 42.0 Å². The van der Waals surface area contributed by atoms with Gasteiger partial charge in [-0.1, -0.05) is 51.0 Å². The lowest BCUT2D eigenvalue weighted by Gasteiger charge is -2.02. The van der Waals surface area contributed by atoms with Crippen molar-refractivity contribution >= 4 is 35.2 Å². The van der Waals surface area contributed by atoms with Gasteiger partial charge >= 0.3 is 0 Å². The maximum atomic E-state index is 10.3. The number of azo groups is 2. The predicted molar refractivity (Wildman–Crippen MR) is 184 cm³/mol. The van der Waals surface area contributed by atoms with E-state index in [-0.39, 0.29) is 11.5 Å². The highest BCUT2D eigenvalue weighted by atomic mass is 16.3. The minimum absolute atomic E-state index is 0.132. The van der Waals surface area contributed by atoms with Gasteiger partial charge in [0.05, 0.1) is 22.7 Å². The van der Waals surface area contributed by atoms with Crippen molar-refractivity contribution < 1.29 is 10.2 Å². The topological polar surface area (TPSA) is 115 Å². The fourth-order valence-corrected chi connectivity index (χ4v) is 4.45. The molecule has 0 saturated heterocycles. The number of aromatic hydroxyl groups is 2. The van der Waals surface area contributed by atoms with Gasteiger partial charge in [0.15, 0.2) is 0 Å². The van der Waals surface area contributed by atoms with Crippen LogP contribution in [0.4, 0.5) is 22.7 Å². The highest BCUT2D eigenvalue weighted by molar-refractivity contribution is 5.85. The van der Waals surface area contributed by atoms with E-state index in [9.17, 15) is 10.2 Å². The smallest absolute Gasteiger partial charge is 0.124 e. The number of aliphatic imine (C=N–C) groups is 2. The lowest BCUT2D eigenvalue weighted by atomic mass is 10.1. The summed E-state index contributed by atoms with van der Waals surface area (Å²) in [5.74, 6) is 0.264. The largest absolute Gasteiger partial charge is 0.507 e. The van der Waals surface area contributed by atoms with E-state index in [2.05, 4.69) is 68.6 Å². The average Bonchev–Trinajstić information content (AvgIpc) is 3.07. The monoisotopic (exact) mass is 602 g/mol. The molecule has 0 amide bonds. The summed E-state index contributed by atoms with van der Waals surface area (Å²) in [7, 11) is 0. The van der Waals surface area contributed by atoms with Gasteiger partial charge in [-0.3, -0.25) is 9.98 Å². The summed E-state index contributed by atoms with van der Waals surface area (Å²) in [6, 6.07) is 26.4. The molecule has 0 aromatic heterocycles. The molecule has 0 bridgehead atoms. The molecule has 8 heteroatoms. The zero-order chi connectivity index (χ0) is 31.7. The number of rotatable bonds is 16. The van der Waals surface area contributed by atoms with Crippen LogP contribution in [0.25, 0.3) is 0 Å². The Bertz CT molecular complexity index is 1490. The first-order valence-electron chi connectivity index (χ1n) is 15.7. The zero-order valence-corrected chi connectivity index (χ0v) is 26.2. The van der Waals surface area contributed by atoms with Gasteiger partial charge in [0.1, 0.15) is 11.5 Å². The molecule has 232 valence electrons. The summed E-state index contributed by atoms with van der Waals surface area (Å²) in [5.41, 5.74) is 6.59. The quantitative estimate of drug-likeness (QED) is 0.0754. The number of hydrogen-bond acceptors (Lipinski definition) is 8. The van der Waals surface area contributed by atoms with Crippen LogP contribution in [-0.4, -0.2) is 35.7 Å². The minimum Gasteiger partial charge on any atom is -0.507 e. The molecule has 4 aromatic rings. The van der Waals surface area contributed by atoms with E-state index in [1.807, 2.05) is 24.3 Å². The molecule has 8 nitrogen and oxygen atoms in total. The van der Waals surface area contributed by atoms with E-state index in [1.54, 1.807) is 48.8 Å². The van der Waals surface area contributed by atoms with Gasteiger partial charge in [-0.15, -0.1) is 0 Å². The second-order valence-corrected chi connectivity index (χ2v) is 10.9. The molecule has 4 aromatic carbocycles. The Balaban J connectivity index is 1.25. The Morgan fingerprint density at radius 1 is 0.489 bits per heavy atom. The van der Waals surface area contributed by atoms with Crippen LogP contribution in [0.3, 0.4) is 0 Å². The first-order chi connectivity index (χ1) is 22.0. The summed E-state index contributed by atoms with van der Waals surface area (Å²) < 4.78 is 0. The Morgan fingerprint density at radius 2 is 0.867 bits per heavy atom. The lowest BCUT2D eigenvalue weighted by Crippen LogP contribution is -1.90. The summed E-state index contributed by atoms with van der Waals surface area (Å²) in [6.45, 7) is 5.44. The van der Waals surface area contributed by atoms with E-state index in [0.717, 1.165) is 24.2 Å². The molecule has 2 N–H and O–H groups in total. The first-order valence-corrected chi connectivity index (χ1v) is 15.7. The Labute approximate surface area is 266 Å². The molecule has 0 radical (unpaired) electrons. The fourth-order valence-electron chi connectivity index (χ4n) is 4.45. The molecule has 0 aliphatic carbocycles. The Kier molecular flexibility index (Phi) is 13.1. The van der Waals surface area contributed by atoms with Crippen LogP contribution in [0, 0.1) is 0 Å². The third kappa shape index (κ3) is 11.2. The van der Waals surface area contributed by atoms with E-state index in [1.165, 1.54) is 36.8 Å². The summed E-state index contributed by atoms with van der Waals surface area (Å²) in [4.78, 5) is 8.87. The molecular weight excluding hydrogens is 560 g/mol. The van der Waals surface area contributed by atoms with Gasteiger partial charge in [0.25, 0.3) is 0 Å². The maximum Gasteiger partial charge on any atom is 0.124 e. The van der Waals surface area contributed by atoms with Gasteiger partial charge in [-0.05, 0) is 104 Å². The van der Waals surface area contributed by atoms with Crippen LogP contribution in [0.1, 0.15) is 68.2 Å². The molecule has 0 unspecified atom stereocenters. The molecule has 0 atom stereocenters. The second kappa shape index (κ2) is 18.0. The molecule has 0 spiro atoms. The summed E-state index contributed by atoms with van der Waals surface area (Å²) >= 11 is 0. The summed E-state index contributed by atoms with van der Waals surface area (Å²) in [6.07, 6.45) is 10.8. The van der Waals surface area contributed by atoms with Crippen LogP contribution >= 0.6 is 0 Å². The highest BCUT2D eigenvalue weighted by Crippen LogP contribution is 2.26. The van der Waals surface area contributed by atoms with Crippen LogP contribution in [0.2, 0.25) is 0 Å². The number of aryl methyl sites for hydroxylation is 2. The van der Waals surface area contributed by atoms with Crippen molar-refractivity contribution in [2.75, 3.05) is 13.1 Å². The molecule has 0 saturated carbocycles. The van der Waals surface area contributed by atoms with Crippen molar-refractivity contribution in [3.05, 3.63) is 107 Å². The molecule has 45 heavy (non-hydrogen) atoms. The van der Waals surface area contributed by atoms with Crippen LogP contribution in [0.5, 0.6) is 11.5 Å². The number of nitrogens with zero attached hydrogens (tertiary/aromatic N) is 6. The van der Waals surface area contributed by atoms with Crippen molar-refractivity contribution in [3.8, 4) is 11.5 Å². The minimum atomic E-state index is 0.132. The molecule has 0 aliphatic heterocycles. The van der Waals surface area contributed by atoms with E-state index >= 15 is 0 Å². The van der Waals surface area contributed by atoms with Crippen molar-refractivity contribution in [1.29, 1.82) is 0 Å². The third-order valence-electron chi connectivity index (χ3n) is 7.13. The molecule has 0 aliphatic rings. The van der Waals surface area contributed by atoms with Crippen molar-refractivity contribution in [3.63, 3.8) is 0 Å². The number of phenolic OH excluding ortho intramolecular Hbond substituents is 2. The van der Waals surface area contributed by atoms with Crippen molar-refractivity contribution in [2.24, 2.45) is 30.4 Å². The van der Waals surface area contributed by atoms with E-state index < -0.39 is 0 Å². The van der Waals surface area contributed by atoms with Gasteiger partial charge in [-0.25, -0.2) is 0 Å². The average molecular weight is 603 g/mol. The molecule has 0 fully saturated rings. The normalized spacial score (nSPS) is 12.0. The number of unbranched alkanes of at least 4 members (excludes halogenated alkanes) is 2. The third-order valence-corrected chi connectivity index (χ3v) is 7.13. The van der Waals surface area contributed by atoms with Crippen molar-refractivity contribution in [2.45, 2.75) is 58.8 Å². The van der Waals surface area contributed by atoms with Crippen LogP contribution in [0.15, 0.2) is 115 Å². The molecular formula is C37H42N6O2. The lowest BCUT2D eigenvalue weighted by molar-refractivity contribution is 0.474.